The Balaban J connectivity index is 1.27. The van der Waals surface area contributed by atoms with Crippen molar-refractivity contribution in [3.05, 3.63) is 186 Å². The molecule has 9 aromatic carbocycles. The molecule has 2 heterocycles. The van der Waals surface area contributed by atoms with Gasteiger partial charge >= 0.3 is 0 Å². The third-order valence-corrected chi connectivity index (χ3v) is 13.3. The number of fused-ring (bicyclic) bond motifs is 17. The second-order valence-electron chi connectivity index (χ2n) is 14.3. The minimum Gasteiger partial charge on any atom is -0.308 e. The number of nitrogens with zero attached hydrogens (tertiary/aromatic N) is 1. The van der Waals surface area contributed by atoms with Gasteiger partial charge in [0.1, 0.15) is 0 Å². The number of thiophene rings is 1. The molecule has 1 nitrogen and oxygen atoms in total. The van der Waals surface area contributed by atoms with Gasteiger partial charge in [-0.1, -0.05) is 140 Å². The van der Waals surface area contributed by atoms with Gasteiger partial charge in [-0.25, -0.2) is 0 Å². The second kappa shape index (κ2) is 9.11. The van der Waals surface area contributed by atoms with Crippen LogP contribution in [0.5, 0.6) is 0 Å². The van der Waals surface area contributed by atoms with Crippen molar-refractivity contribution in [1.82, 2.24) is 4.57 Å². The van der Waals surface area contributed by atoms with Gasteiger partial charge in [0.05, 0.1) is 22.1 Å². The van der Waals surface area contributed by atoms with E-state index in [9.17, 15) is 0 Å². The highest BCUT2D eigenvalue weighted by Gasteiger charge is 2.52. The third kappa shape index (κ3) is 2.96. The van der Waals surface area contributed by atoms with Gasteiger partial charge in [-0.2, -0.15) is 0 Å². The number of rotatable bonds is 1. The van der Waals surface area contributed by atoms with Gasteiger partial charge in [-0.15, -0.1) is 11.3 Å². The van der Waals surface area contributed by atoms with Crippen LogP contribution in [0.1, 0.15) is 22.3 Å². The van der Waals surface area contributed by atoms with E-state index in [-0.39, 0.29) is 0 Å². The van der Waals surface area contributed by atoms with E-state index in [1.54, 1.807) is 0 Å². The van der Waals surface area contributed by atoms with Crippen molar-refractivity contribution in [2.75, 3.05) is 0 Å². The van der Waals surface area contributed by atoms with Crippen LogP contribution in [0.15, 0.2) is 164 Å². The van der Waals surface area contributed by atoms with Gasteiger partial charge in [0.2, 0.25) is 0 Å². The van der Waals surface area contributed by atoms with Crippen LogP contribution in [0.25, 0.3) is 91.5 Å². The Morgan fingerprint density at radius 3 is 1.75 bits per heavy atom. The van der Waals surface area contributed by atoms with Gasteiger partial charge in [-0.3, -0.25) is 0 Å². The van der Waals surface area contributed by atoms with Crippen LogP contribution in [-0.4, -0.2) is 4.57 Å². The first kappa shape index (κ1) is 26.6. The Kier molecular flexibility index (Phi) is 4.76. The zero-order valence-electron chi connectivity index (χ0n) is 27.4. The molecule has 2 aliphatic carbocycles. The van der Waals surface area contributed by atoms with Gasteiger partial charge in [0, 0.05) is 41.9 Å². The van der Waals surface area contributed by atoms with Crippen molar-refractivity contribution in [2.24, 2.45) is 0 Å². The molecule has 0 radical (unpaired) electrons. The summed E-state index contributed by atoms with van der Waals surface area (Å²) in [4.78, 5) is 0. The molecule has 234 valence electrons. The number of aromatic nitrogens is 1. The summed E-state index contributed by atoms with van der Waals surface area (Å²) in [6, 6.07) is 62.0. The lowest BCUT2D eigenvalue weighted by molar-refractivity contribution is 0.794. The van der Waals surface area contributed by atoms with Crippen LogP contribution in [0.3, 0.4) is 0 Å². The second-order valence-corrected chi connectivity index (χ2v) is 15.4. The molecule has 2 aromatic heterocycles. The van der Waals surface area contributed by atoms with Gasteiger partial charge < -0.3 is 4.57 Å². The summed E-state index contributed by atoms with van der Waals surface area (Å²) in [7, 11) is 0. The summed E-state index contributed by atoms with van der Waals surface area (Å²) in [5.41, 5.74) is 14.2. The molecule has 0 bridgehead atoms. The molecular weight excluding hydrogens is 635 g/mol. The topological polar surface area (TPSA) is 4.93 Å². The van der Waals surface area contributed by atoms with E-state index < -0.39 is 5.41 Å². The lowest BCUT2D eigenvalue weighted by atomic mass is 9.70. The van der Waals surface area contributed by atoms with Gasteiger partial charge in [-0.05, 0) is 79.4 Å². The molecule has 0 N–H and O–H groups in total. The van der Waals surface area contributed by atoms with Crippen molar-refractivity contribution in [1.29, 1.82) is 0 Å². The minimum absolute atomic E-state index is 0.391. The predicted molar refractivity (Wildman–Crippen MR) is 216 cm³/mol. The molecular formula is C49H27NS. The maximum absolute atomic E-state index is 2.62. The maximum Gasteiger partial charge on any atom is 0.0726 e. The lowest BCUT2D eigenvalue weighted by Crippen LogP contribution is -2.25. The van der Waals surface area contributed by atoms with Crippen molar-refractivity contribution in [3.8, 4) is 27.9 Å². The Labute approximate surface area is 297 Å². The summed E-state index contributed by atoms with van der Waals surface area (Å²) in [6.07, 6.45) is 0. The van der Waals surface area contributed by atoms with E-state index in [0.29, 0.717) is 0 Å². The van der Waals surface area contributed by atoms with Crippen molar-refractivity contribution in [3.63, 3.8) is 0 Å². The Hall–Kier alpha value is -6.22. The van der Waals surface area contributed by atoms with Crippen LogP contribution in [0, 0.1) is 0 Å². The molecule has 0 saturated heterocycles. The summed E-state index contributed by atoms with van der Waals surface area (Å²) in [5, 5.41) is 10.7. The van der Waals surface area contributed by atoms with E-state index in [0.717, 1.165) is 0 Å². The van der Waals surface area contributed by atoms with E-state index in [4.69, 9.17) is 0 Å². The number of hydrogen-bond donors (Lipinski definition) is 0. The quantitative estimate of drug-likeness (QED) is 0.154. The highest BCUT2D eigenvalue weighted by molar-refractivity contribution is 7.26. The standard InChI is InChI=1S/C49H27NS/c1-2-16-32-28(12-1)33-18-11-23-42-46(33)47-43(51-42)27-26-41(45(32)47)50-40-22-10-6-15-31(40)34-24-25-39-44(48(34)50)35-17-5-9-21-38(35)49(39)36-19-7-3-13-29(36)30-14-4-8-20-37(30)49/h1-27H. The molecule has 0 aliphatic heterocycles. The highest BCUT2D eigenvalue weighted by Crippen LogP contribution is 2.64. The first-order valence-corrected chi connectivity index (χ1v) is 18.6. The zero-order valence-corrected chi connectivity index (χ0v) is 28.3. The summed E-state index contributed by atoms with van der Waals surface area (Å²) >= 11 is 1.91. The van der Waals surface area contributed by atoms with E-state index in [1.165, 1.54) is 114 Å². The number of benzene rings is 9. The highest BCUT2D eigenvalue weighted by atomic mass is 32.1. The minimum atomic E-state index is -0.391. The molecule has 2 aliphatic rings. The summed E-state index contributed by atoms with van der Waals surface area (Å²) < 4.78 is 5.32. The Morgan fingerprint density at radius 2 is 0.961 bits per heavy atom. The van der Waals surface area contributed by atoms with Gasteiger partial charge in [0.15, 0.2) is 0 Å². The van der Waals surface area contributed by atoms with Crippen LogP contribution in [-0.2, 0) is 5.41 Å². The van der Waals surface area contributed by atoms with Gasteiger partial charge in [0.25, 0.3) is 0 Å². The molecule has 0 amide bonds. The molecule has 1 spiro atoms. The normalized spacial score (nSPS) is 14.0. The monoisotopic (exact) mass is 661 g/mol. The smallest absolute Gasteiger partial charge is 0.0726 e. The molecule has 13 rings (SSSR count). The summed E-state index contributed by atoms with van der Waals surface area (Å²) in [6.45, 7) is 0. The molecule has 0 atom stereocenters. The number of hydrogen-bond acceptors (Lipinski definition) is 1. The fraction of sp³-hybridized carbons (Fsp3) is 0.0204. The molecule has 51 heavy (non-hydrogen) atoms. The van der Waals surface area contributed by atoms with Crippen molar-refractivity contribution < 1.29 is 0 Å². The predicted octanol–water partition coefficient (Wildman–Crippen LogP) is 13.2. The lowest BCUT2D eigenvalue weighted by Gasteiger charge is -2.30. The van der Waals surface area contributed by atoms with E-state index >= 15 is 0 Å². The molecule has 0 saturated carbocycles. The van der Waals surface area contributed by atoms with E-state index in [2.05, 4.69) is 168 Å². The largest absolute Gasteiger partial charge is 0.308 e. The van der Waals surface area contributed by atoms with Crippen LogP contribution < -0.4 is 0 Å². The first-order valence-electron chi connectivity index (χ1n) is 17.8. The fourth-order valence-electron chi connectivity index (χ4n) is 10.4. The van der Waals surface area contributed by atoms with Crippen molar-refractivity contribution in [2.45, 2.75) is 5.41 Å². The van der Waals surface area contributed by atoms with Crippen LogP contribution >= 0.6 is 11.3 Å². The fourth-order valence-corrected chi connectivity index (χ4v) is 11.5. The average molecular weight is 662 g/mol. The van der Waals surface area contributed by atoms with Crippen LogP contribution in [0.4, 0.5) is 0 Å². The third-order valence-electron chi connectivity index (χ3n) is 12.2. The van der Waals surface area contributed by atoms with Crippen molar-refractivity contribution >= 4 is 74.9 Å². The Morgan fingerprint density at radius 1 is 0.373 bits per heavy atom. The average Bonchev–Trinajstić information content (AvgIpc) is 3.91. The van der Waals surface area contributed by atoms with E-state index in [1.807, 2.05) is 11.3 Å². The molecule has 0 unspecified atom stereocenters. The first-order chi connectivity index (χ1) is 25.3. The maximum atomic E-state index is 2.62. The number of para-hydroxylation sites is 1. The summed E-state index contributed by atoms with van der Waals surface area (Å²) in [5.74, 6) is 0. The molecule has 2 heteroatoms. The SMILES string of the molecule is c1ccc2c(c1)-c1ccccc1C21c2ccccc2-c2c1ccc1c3ccccc3n(-c3ccc4sc5cccc6c7ccccc7c3c4c56)c21. The zero-order chi connectivity index (χ0) is 33.0. The van der Waals surface area contributed by atoms with Crippen LogP contribution in [0.2, 0.25) is 0 Å². The molecule has 0 fully saturated rings. The molecule has 11 aromatic rings. The Bertz CT molecular complexity index is 3270.